The number of nitrogens with two attached hydrogens (primary N) is 1. The highest BCUT2D eigenvalue weighted by atomic mass is 16.4. The summed E-state index contributed by atoms with van der Waals surface area (Å²) >= 11 is 0. The van der Waals surface area contributed by atoms with Gasteiger partial charge in [-0.1, -0.05) is 0 Å². The van der Waals surface area contributed by atoms with Crippen molar-refractivity contribution in [3.63, 3.8) is 0 Å². The Bertz CT molecular complexity index is 463. The highest BCUT2D eigenvalue weighted by Crippen LogP contribution is 2.15. The Kier molecular flexibility index (Phi) is 6.25. The lowest BCUT2D eigenvalue weighted by Gasteiger charge is -2.17. The molecule has 0 aromatic heterocycles. The van der Waals surface area contributed by atoms with E-state index in [0.717, 1.165) is 0 Å². The fourth-order valence-electron chi connectivity index (χ4n) is 1.70. The predicted octanol–water partition coefficient (Wildman–Crippen LogP) is -2.46. The van der Waals surface area contributed by atoms with Gasteiger partial charge in [0.15, 0.2) is 0 Å². The van der Waals surface area contributed by atoms with E-state index in [-0.39, 0.29) is 30.8 Å². The number of rotatable bonds is 10. The summed E-state index contributed by atoms with van der Waals surface area (Å²) in [5.41, 5.74) is 10.5. The van der Waals surface area contributed by atoms with Gasteiger partial charge in [0.1, 0.15) is 12.6 Å². The van der Waals surface area contributed by atoms with Crippen LogP contribution in [0.5, 0.6) is 0 Å². The van der Waals surface area contributed by atoms with Gasteiger partial charge in [-0.15, -0.1) is 0 Å². The molecule has 0 aromatic carbocycles. The third-order valence-corrected chi connectivity index (χ3v) is 3.15. The standard InChI is InChI=1S/C12H21N5O5/c1-12(16-17-12)5-4-9(19)15-7(2-3-8(13)18)11(22)14-6-10(20)21/h7,16-17H,2-6H2,1H3,(H2,13,18)(H,14,22)(H,15,19)(H,20,21). The number of aliphatic carboxylic acids is 1. The van der Waals surface area contributed by atoms with Crippen LogP contribution in [0.15, 0.2) is 0 Å². The smallest absolute Gasteiger partial charge is 0.322 e. The zero-order chi connectivity index (χ0) is 16.8. The lowest BCUT2D eigenvalue weighted by atomic mass is 10.1. The Morgan fingerprint density at radius 1 is 1.23 bits per heavy atom. The molecule has 0 bridgehead atoms. The number of hydrogen-bond donors (Lipinski definition) is 6. The SMILES string of the molecule is CC1(CCC(=O)NC(CCC(N)=O)C(=O)NCC(=O)O)NN1. The number of carboxylic acids is 1. The maximum Gasteiger partial charge on any atom is 0.322 e. The van der Waals surface area contributed by atoms with E-state index in [9.17, 15) is 19.2 Å². The molecular formula is C12H21N5O5. The van der Waals surface area contributed by atoms with Gasteiger partial charge in [-0.2, -0.15) is 0 Å². The third-order valence-electron chi connectivity index (χ3n) is 3.15. The van der Waals surface area contributed by atoms with Gasteiger partial charge in [-0.25, -0.2) is 10.9 Å². The summed E-state index contributed by atoms with van der Waals surface area (Å²) in [6.45, 7) is 1.32. The number of amides is 3. The molecule has 0 radical (unpaired) electrons. The van der Waals surface area contributed by atoms with Crippen LogP contribution in [0.2, 0.25) is 0 Å². The summed E-state index contributed by atoms with van der Waals surface area (Å²) in [4.78, 5) is 44.9. The number of carboxylic acid groups (broad SMARTS) is 1. The summed E-state index contributed by atoms with van der Waals surface area (Å²) in [6.07, 6.45) is 0.625. The van der Waals surface area contributed by atoms with Gasteiger partial charge < -0.3 is 21.5 Å². The van der Waals surface area contributed by atoms with Crippen LogP contribution >= 0.6 is 0 Å². The summed E-state index contributed by atoms with van der Waals surface area (Å²) in [6, 6.07) is -0.993. The zero-order valence-electron chi connectivity index (χ0n) is 12.3. The molecule has 1 atom stereocenters. The summed E-state index contributed by atoms with van der Waals surface area (Å²) in [7, 11) is 0. The first-order valence-electron chi connectivity index (χ1n) is 6.83. The van der Waals surface area contributed by atoms with Crippen LogP contribution in [-0.2, 0) is 19.2 Å². The van der Waals surface area contributed by atoms with Crippen LogP contribution in [0.1, 0.15) is 32.6 Å². The number of primary amides is 1. The highest BCUT2D eigenvalue weighted by Gasteiger charge is 2.36. The number of carbonyl (C=O) groups is 4. The second-order valence-electron chi connectivity index (χ2n) is 5.32. The molecule has 3 amide bonds. The van der Waals surface area contributed by atoms with Crippen molar-refractivity contribution in [2.24, 2.45) is 5.73 Å². The summed E-state index contributed by atoms with van der Waals surface area (Å²) < 4.78 is 0. The minimum Gasteiger partial charge on any atom is -0.480 e. The fraction of sp³-hybridized carbons (Fsp3) is 0.667. The monoisotopic (exact) mass is 315 g/mol. The van der Waals surface area contributed by atoms with Gasteiger partial charge in [-0.3, -0.25) is 19.2 Å². The average molecular weight is 315 g/mol. The Hall–Kier alpha value is -2.20. The van der Waals surface area contributed by atoms with E-state index in [1.54, 1.807) is 0 Å². The molecule has 7 N–H and O–H groups in total. The van der Waals surface area contributed by atoms with Crippen LogP contribution in [0.4, 0.5) is 0 Å². The van der Waals surface area contributed by atoms with Crippen LogP contribution in [-0.4, -0.2) is 47.0 Å². The molecule has 1 fully saturated rings. The minimum atomic E-state index is -1.20. The number of carbonyl (C=O) groups excluding carboxylic acids is 3. The molecule has 1 aliphatic rings. The van der Waals surface area contributed by atoms with Gasteiger partial charge in [0.05, 0.1) is 5.66 Å². The number of hydrogen-bond acceptors (Lipinski definition) is 6. The maximum atomic E-state index is 11.8. The maximum absolute atomic E-state index is 11.8. The van der Waals surface area contributed by atoms with Crippen LogP contribution in [0, 0.1) is 0 Å². The molecule has 1 aliphatic heterocycles. The van der Waals surface area contributed by atoms with Gasteiger partial charge >= 0.3 is 5.97 Å². The molecule has 124 valence electrons. The molecular weight excluding hydrogens is 294 g/mol. The fourth-order valence-corrected chi connectivity index (χ4v) is 1.70. The van der Waals surface area contributed by atoms with Gasteiger partial charge in [0.2, 0.25) is 17.7 Å². The Labute approximate surface area is 127 Å². The van der Waals surface area contributed by atoms with Crippen molar-refractivity contribution < 1.29 is 24.3 Å². The molecule has 1 heterocycles. The Morgan fingerprint density at radius 2 is 1.86 bits per heavy atom. The first-order chi connectivity index (χ1) is 10.2. The molecule has 10 nitrogen and oxygen atoms in total. The molecule has 1 unspecified atom stereocenters. The lowest BCUT2D eigenvalue weighted by molar-refractivity contribution is -0.138. The van der Waals surface area contributed by atoms with E-state index in [2.05, 4.69) is 21.5 Å². The summed E-state index contributed by atoms with van der Waals surface area (Å²) in [5.74, 6) is -2.83. The molecule has 0 aliphatic carbocycles. The van der Waals surface area contributed by atoms with Crippen molar-refractivity contribution in [1.82, 2.24) is 21.5 Å². The van der Waals surface area contributed by atoms with E-state index in [1.807, 2.05) is 6.92 Å². The van der Waals surface area contributed by atoms with E-state index in [0.29, 0.717) is 6.42 Å². The first-order valence-corrected chi connectivity index (χ1v) is 6.83. The molecule has 1 saturated heterocycles. The molecule has 22 heavy (non-hydrogen) atoms. The number of hydrazine groups is 1. The van der Waals surface area contributed by atoms with E-state index < -0.39 is 30.4 Å². The molecule has 1 rings (SSSR count). The molecule has 10 heteroatoms. The van der Waals surface area contributed by atoms with Crippen molar-refractivity contribution >= 4 is 23.7 Å². The van der Waals surface area contributed by atoms with E-state index in [1.165, 1.54) is 0 Å². The number of nitrogens with one attached hydrogen (secondary N) is 4. The topological polar surface area (TPSA) is 182 Å². The van der Waals surface area contributed by atoms with Gasteiger partial charge in [-0.05, 0) is 19.8 Å². The molecule has 0 saturated carbocycles. The van der Waals surface area contributed by atoms with Crippen molar-refractivity contribution in [1.29, 1.82) is 0 Å². The largest absolute Gasteiger partial charge is 0.480 e. The normalized spacial score (nSPS) is 16.4. The minimum absolute atomic E-state index is 0.0142. The predicted molar refractivity (Wildman–Crippen MR) is 74.9 cm³/mol. The van der Waals surface area contributed by atoms with Crippen LogP contribution < -0.4 is 27.2 Å². The van der Waals surface area contributed by atoms with Gasteiger partial charge in [0.25, 0.3) is 0 Å². The second-order valence-corrected chi connectivity index (χ2v) is 5.32. The quantitative estimate of drug-likeness (QED) is 0.241. The zero-order valence-corrected chi connectivity index (χ0v) is 12.3. The Morgan fingerprint density at radius 3 is 2.36 bits per heavy atom. The molecule has 0 spiro atoms. The van der Waals surface area contributed by atoms with Crippen LogP contribution in [0.3, 0.4) is 0 Å². The van der Waals surface area contributed by atoms with E-state index in [4.69, 9.17) is 10.8 Å². The van der Waals surface area contributed by atoms with Crippen molar-refractivity contribution in [3.8, 4) is 0 Å². The van der Waals surface area contributed by atoms with Crippen molar-refractivity contribution in [3.05, 3.63) is 0 Å². The average Bonchev–Trinajstić information content (AvgIpc) is 3.16. The highest BCUT2D eigenvalue weighted by molar-refractivity contribution is 5.89. The molecule has 0 aromatic rings. The van der Waals surface area contributed by atoms with Gasteiger partial charge in [0, 0.05) is 12.8 Å². The lowest BCUT2D eigenvalue weighted by Crippen LogP contribution is -2.48. The van der Waals surface area contributed by atoms with E-state index >= 15 is 0 Å². The third kappa shape index (κ3) is 6.99. The Balaban J connectivity index is 2.47. The van der Waals surface area contributed by atoms with Crippen molar-refractivity contribution in [2.45, 2.75) is 44.3 Å². The first kappa shape index (κ1) is 17.9. The van der Waals surface area contributed by atoms with Crippen LogP contribution in [0.25, 0.3) is 0 Å². The van der Waals surface area contributed by atoms with Crippen molar-refractivity contribution in [2.75, 3.05) is 6.54 Å². The summed E-state index contributed by atoms with van der Waals surface area (Å²) in [5, 5.41) is 13.2. The second kappa shape index (κ2) is 7.71.